The van der Waals surface area contributed by atoms with E-state index in [2.05, 4.69) is 15.9 Å². The Bertz CT molecular complexity index is 899. The molecular formula is C18H16BrO8-. The van der Waals surface area contributed by atoms with Crippen molar-refractivity contribution in [2.75, 3.05) is 7.11 Å². The first-order chi connectivity index (χ1) is 12.5. The molecule has 1 atom stereocenters. The van der Waals surface area contributed by atoms with Crippen molar-refractivity contribution in [1.29, 1.82) is 0 Å². The molecule has 8 nitrogen and oxygen atoms in total. The van der Waals surface area contributed by atoms with Crippen LogP contribution in [0.25, 0.3) is 0 Å². The zero-order chi connectivity index (χ0) is 20.7. The van der Waals surface area contributed by atoms with Crippen LogP contribution >= 0.6 is 15.9 Å². The van der Waals surface area contributed by atoms with Gasteiger partial charge in [-0.1, -0.05) is 5.57 Å². The molecule has 144 valence electrons. The van der Waals surface area contributed by atoms with Gasteiger partial charge in [0.25, 0.3) is 0 Å². The van der Waals surface area contributed by atoms with Crippen molar-refractivity contribution in [3.63, 3.8) is 0 Å². The monoisotopic (exact) mass is 439 g/mol. The highest BCUT2D eigenvalue weighted by molar-refractivity contribution is 9.10. The number of hydrogen-bond acceptors (Lipinski definition) is 7. The summed E-state index contributed by atoms with van der Waals surface area (Å²) in [7, 11) is 1.15. The molecule has 0 saturated heterocycles. The lowest BCUT2D eigenvalue weighted by Gasteiger charge is -2.41. The second kappa shape index (κ2) is 7.16. The van der Waals surface area contributed by atoms with E-state index in [0.717, 1.165) is 19.3 Å². The van der Waals surface area contributed by atoms with Gasteiger partial charge in [-0.2, -0.15) is 0 Å². The Balaban J connectivity index is 2.56. The van der Waals surface area contributed by atoms with E-state index in [1.165, 1.54) is 20.8 Å². The number of esters is 1. The maximum atomic E-state index is 13.2. The quantitative estimate of drug-likeness (QED) is 0.532. The highest BCUT2D eigenvalue weighted by atomic mass is 79.9. The van der Waals surface area contributed by atoms with Crippen molar-refractivity contribution in [3.05, 3.63) is 44.6 Å². The Morgan fingerprint density at radius 3 is 2.30 bits per heavy atom. The fourth-order valence-corrected chi connectivity index (χ4v) is 3.29. The third kappa shape index (κ3) is 3.24. The molecule has 0 aliphatic heterocycles. The molecule has 1 aliphatic rings. The number of ether oxygens (including phenoxy) is 2. The molecule has 0 spiro atoms. The number of methoxy groups -OCH3 is 1. The molecule has 1 aliphatic carbocycles. The minimum atomic E-state index is -2.59. The van der Waals surface area contributed by atoms with Crippen molar-refractivity contribution in [3.8, 4) is 11.5 Å². The normalized spacial score (nSPS) is 19.3. The lowest BCUT2D eigenvalue weighted by atomic mass is 9.87. The molecule has 2 rings (SSSR count). The van der Waals surface area contributed by atoms with E-state index in [1.807, 2.05) is 0 Å². The van der Waals surface area contributed by atoms with Crippen LogP contribution in [0.1, 0.15) is 28.4 Å². The molecule has 1 unspecified atom stereocenters. The number of benzene rings is 1. The summed E-state index contributed by atoms with van der Waals surface area (Å²) in [6.07, 6.45) is 1.91. The van der Waals surface area contributed by atoms with Gasteiger partial charge in [-0.25, -0.2) is 4.79 Å². The van der Waals surface area contributed by atoms with E-state index < -0.39 is 34.8 Å². The van der Waals surface area contributed by atoms with Gasteiger partial charge in [-0.05, 0) is 53.9 Å². The summed E-state index contributed by atoms with van der Waals surface area (Å²) in [5.74, 6) is -4.41. The van der Waals surface area contributed by atoms with E-state index >= 15 is 0 Å². The first-order valence-corrected chi connectivity index (χ1v) is 8.42. The summed E-state index contributed by atoms with van der Waals surface area (Å²) in [5.41, 5.74) is -2.66. The van der Waals surface area contributed by atoms with Crippen LogP contribution in [0.2, 0.25) is 0 Å². The summed E-state index contributed by atoms with van der Waals surface area (Å²) in [5, 5.41) is 32.5. The van der Waals surface area contributed by atoms with Gasteiger partial charge in [-0.15, -0.1) is 0 Å². The highest BCUT2D eigenvalue weighted by Crippen LogP contribution is 2.43. The Labute approximate surface area is 162 Å². The van der Waals surface area contributed by atoms with E-state index in [1.54, 1.807) is 0 Å². The first kappa shape index (κ1) is 20.7. The van der Waals surface area contributed by atoms with E-state index in [-0.39, 0.29) is 32.5 Å². The number of carbonyl (C=O) groups is 3. The third-order valence-corrected chi connectivity index (χ3v) is 5.11. The fourth-order valence-electron chi connectivity index (χ4n) is 2.71. The third-order valence-electron chi connectivity index (χ3n) is 4.37. The van der Waals surface area contributed by atoms with Crippen LogP contribution in [0.4, 0.5) is 0 Å². The van der Waals surface area contributed by atoms with Gasteiger partial charge in [-0.3, -0.25) is 9.59 Å². The van der Waals surface area contributed by atoms with Gasteiger partial charge < -0.3 is 24.8 Å². The molecule has 2 N–H and O–H groups in total. The van der Waals surface area contributed by atoms with Crippen molar-refractivity contribution in [2.24, 2.45) is 0 Å². The molecule has 0 saturated carbocycles. The SMILES string of the molecule is COC1=CC(=O)C=C(C)C1([O-])C(=O)Oc1c(C)c(C)c(C(=O)O)c(O)c1Br. The molecule has 0 fully saturated rings. The van der Waals surface area contributed by atoms with Crippen LogP contribution < -0.4 is 9.84 Å². The summed E-state index contributed by atoms with van der Waals surface area (Å²) >= 11 is 3.00. The van der Waals surface area contributed by atoms with Crippen LogP contribution in [-0.4, -0.2) is 40.6 Å². The number of carbonyl (C=O) groups excluding carboxylic acids is 2. The number of aromatic carboxylic acids is 1. The number of phenols is 1. The number of aromatic hydroxyl groups is 1. The van der Waals surface area contributed by atoms with Gasteiger partial charge in [0, 0.05) is 6.08 Å². The van der Waals surface area contributed by atoms with Crippen LogP contribution in [-0.2, 0) is 14.3 Å². The van der Waals surface area contributed by atoms with E-state index in [0.29, 0.717) is 0 Å². The van der Waals surface area contributed by atoms with Crippen LogP contribution in [0.3, 0.4) is 0 Å². The van der Waals surface area contributed by atoms with Crippen molar-refractivity contribution < 1.29 is 39.2 Å². The molecule has 1 aromatic rings. The largest absolute Gasteiger partial charge is 0.832 e. The summed E-state index contributed by atoms with van der Waals surface area (Å²) in [6, 6.07) is 0. The number of carboxylic acids is 1. The van der Waals surface area contributed by atoms with Gasteiger partial charge in [0.2, 0.25) is 0 Å². The van der Waals surface area contributed by atoms with Gasteiger partial charge in [0.05, 0.1) is 12.7 Å². The van der Waals surface area contributed by atoms with Crippen LogP contribution in [0.5, 0.6) is 11.5 Å². The molecule has 0 heterocycles. The average Bonchev–Trinajstić information content (AvgIpc) is 2.59. The summed E-state index contributed by atoms with van der Waals surface area (Å²) in [4.78, 5) is 35.6. The molecule has 0 aromatic heterocycles. The number of allylic oxidation sites excluding steroid dienone is 2. The van der Waals surface area contributed by atoms with E-state index in [9.17, 15) is 29.7 Å². The van der Waals surface area contributed by atoms with Crippen LogP contribution in [0, 0.1) is 13.8 Å². The second-order valence-electron chi connectivity index (χ2n) is 5.94. The minimum absolute atomic E-state index is 0.117. The standard InChI is InChI=1S/C18H16BrO8/c1-7-5-10(20)6-11(26-4)18(7,25)17(24)27-15-9(3)8(2)12(16(22)23)14(21)13(15)19/h5-6,21H,1-4H3,(H,22,23)/q-1. The number of rotatable bonds is 4. The highest BCUT2D eigenvalue weighted by Gasteiger charge is 2.39. The molecular weight excluding hydrogens is 424 g/mol. The molecule has 0 amide bonds. The van der Waals surface area contributed by atoms with Gasteiger partial charge in [0.15, 0.2) is 11.5 Å². The topological polar surface area (TPSA) is 133 Å². The predicted molar refractivity (Wildman–Crippen MR) is 94.5 cm³/mol. The molecule has 0 bridgehead atoms. The van der Waals surface area contributed by atoms with Crippen LogP contribution in [0.15, 0.2) is 28.0 Å². The van der Waals surface area contributed by atoms with Gasteiger partial charge >= 0.3 is 11.9 Å². The maximum absolute atomic E-state index is 13.2. The number of halogens is 1. The zero-order valence-electron chi connectivity index (χ0n) is 14.9. The fraction of sp³-hybridized carbons (Fsp3) is 0.278. The smallest absolute Gasteiger partial charge is 0.339 e. The van der Waals surface area contributed by atoms with Gasteiger partial charge in [0.1, 0.15) is 21.5 Å². The molecule has 1 aromatic carbocycles. The molecule has 9 heteroatoms. The molecule has 27 heavy (non-hydrogen) atoms. The van der Waals surface area contributed by atoms with Crippen molar-refractivity contribution in [1.82, 2.24) is 0 Å². The minimum Gasteiger partial charge on any atom is -0.832 e. The van der Waals surface area contributed by atoms with Crippen molar-refractivity contribution >= 4 is 33.7 Å². The number of ketones is 1. The second-order valence-corrected chi connectivity index (χ2v) is 6.73. The Morgan fingerprint density at radius 1 is 1.19 bits per heavy atom. The van der Waals surface area contributed by atoms with Crippen molar-refractivity contribution in [2.45, 2.75) is 26.4 Å². The number of hydrogen-bond donors (Lipinski definition) is 2. The first-order valence-electron chi connectivity index (χ1n) is 7.63. The Morgan fingerprint density at radius 2 is 1.78 bits per heavy atom. The molecule has 0 radical (unpaired) electrons. The average molecular weight is 440 g/mol. The van der Waals surface area contributed by atoms with E-state index in [4.69, 9.17) is 9.47 Å². The lowest BCUT2D eigenvalue weighted by Crippen LogP contribution is -2.57. The summed E-state index contributed by atoms with van der Waals surface area (Å²) in [6.45, 7) is 4.21. The lowest BCUT2D eigenvalue weighted by molar-refractivity contribution is -0.440. The maximum Gasteiger partial charge on any atom is 0.339 e. The Hall–Kier alpha value is -2.65. The number of carboxylic acid groups (broad SMARTS) is 1. The Kier molecular flexibility index (Phi) is 5.48. The zero-order valence-corrected chi connectivity index (χ0v) is 16.5. The predicted octanol–water partition coefficient (Wildman–Crippen LogP) is 1.53. The summed E-state index contributed by atoms with van der Waals surface area (Å²) < 4.78 is 9.96.